The summed E-state index contributed by atoms with van der Waals surface area (Å²) in [4.78, 5) is 0. The van der Waals surface area contributed by atoms with Gasteiger partial charge in [-0.3, -0.25) is 0 Å². The molecule has 0 amide bonds. The molecule has 2 spiro atoms. The van der Waals surface area contributed by atoms with Gasteiger partial charge in [0.15, 0.2) is 11.6 Å². The largest absolute Gasteiger partial charge is 0.497 e. The van der Waals surface area contributed by atoms with Gasteiger partial charge >= 0.3 is 0 Å². The van der Waals surface area contributed by atoms with Gasteiger partial charge in [0.1, 0.15) is 11.5 Å². The van der Waals surface area contributed by atoms with Gasteiger partial charge in [-0.1, -0.05) is 24.3 Å². The Kier molecular flexibility index (Phi) is 5.67. The van der Waals surface area contributed by atoms with E-state index in [1.54, 1.807) is 14.2 Å². The van der Waals surface area contributed by atoms with Crippen LogP contribution in [0.4, 0.5) is 0 Å². The first kappa shape index (κ1) is 20.8. The molecule has 2 aromatic carbocycles. The maximum Gasteiger partial charge on any atom is 0.172 e. The zero-order valence-electron chi connectivity index (χ0n) is 18.5. The summed E-state index contributed by atoms with van der Waals surface area (Å²) < 4.78 is 29.6. The van der Waals surface area contributed by atoms with Gasteiger partial charge in [0.25, 0.3) is 0 Å². The molecule has 5 rings (SSSR count). The maximum absolute atomic E-state index is 6.58. The van der Waals surface area contributed by atoms with E-state index in [1.165, 1.54) is 11.1 Å². The van der Waals surface area contributed by atoms with Crippen molar-refractivity contribution in [3.63, 3.8) is 0 Å². The molecule has 166 valence electrons. The van der Waals surface area contributed by atoms with Crippen LogP contribution in [0.3, 0.4) is 0 Å². The van der Waals surface area contributed by atoms with Crippen LogP contribution < -0.4 is 9.47 Å². The molecule has 4 atom stereocenters. The van der Waals surface area contributed by atoms with E-state index in [2.05, 4.69) is 24.3 Å². The lowest BCUT2D eigenvalue weighted by Gasteiger charge is -2.28. The van der Waals surface area contributed by atoms with Crippen molar-refractivity contribution in [3.05, 3.63) is 59.7 Å². The van der Waals surface area contributed by atoms with E-state index in [0.717, 1.165) is 63.2 Å². The van der Waals surface area contributed by atoms with Gasteiger partial charge in [-0.05, 0) is 60.1 Å². The molecule has 3 aliphatic rings. The van der Waals surface area contributed by atoms with Crippen LogP contribution in [-0.4, -0.2) is 39.0 Å². The van der Waals surface area contributed by atoms with E-state index in [0.29, 0.717) is 11.8 Å². The third kappa shape index (κ3) is 4.45. The lowest BCUT2D eigenvalue weighted by Crippen LogP contribution is -2.35. The number of benzene rings is 2. The molecule has 31 heavy (non-hydrogen) atoms. The molecule has 5 heteroatoms. The van der Waals surface area contributed by atoms with Gasteiger partial charge in [-0.15, -0.1) is 0 Å². The molecule has 3 saturated heterocycles. The molecule has 0 bridgehead atoms. The molecule has 2 aromatic rings. The fourth-order valence-electron chi connectivity index (χ4n) is 5.42. The molecule has 3 heterocycles. The predicted molar refractivity (Wildman–Crippen MR) is 117 cm³/mol. The van der Waals surface area contributed by atoms with E-state index in [1.807, 2.05) is 24.3 Å². The van der Waals surface area contributed by atoms with Crippen molar-refractivity contribution in [1.82, 2.24) is 0 Å². The summed E-state index contributed by atoms with van der Waals surface area (Å²) in [6.07, 6.45) is 5.72. The molecule has 0 aromatic heterocycles. The van der Waals surface area contributed by atoms with Gasteiger partial charge in [0, 0.05) is 25.7 Å². The highest BCUT2D eigenvalue weighted by Crippen LogP contribution is 2.51. The van der Waals surface area contributed by atoms with E-state index >= 15 is 0 Å². The van der Waals surface area contributed by atoms with Gasteiger partial charge < -0.3 is 23.7 Å². The predicted octanol–water partition coefficient (Wildman–Crippen LogP) is 4.77. The summed E-state index contributed by atoms with van der Waals surface area (Å²) in [7, 11) is 3.40. The first-order chi connectivity index (χ1) is 15.1. The summed E-state index contributed by atoms with van der Waals surface area (Å²) in [5, 5.41) is 0. The minimum absolute atomic E-state index is 0.466. The summed E-state index contributed by atoms with van der Waals surface area (Å²) in [6.45, 7) is 1.49. The lowest BCUT2D eigenvalue weighted by molar-refractivity contribution is -0.292. The highest BCUT2D eigenvalue weighted by Gasteiger charge is 2.57. The molecule has 3 aliphatic heterocycles. The zero-order valence-corrected chi connectivity index (χ0v) is 18.5. The van der Waals surface area contributed by atoms with Gasteiger partial charge in [0.2, 0.25) is 0 Å². The monoisotopic (exact) mass is 424 g/mol. The zero-order chi connectivity index (χ0) is 21.3. The van der Waals surface area contributed by atoms with Crippen LogP contribution in [0.1, 0.15) is 36.8 Å². The van der Waals surface area contributed by atoms with Crippen molar-refractivity contribution >= 4 is 0 Å². The lowest BCUT2D eigenvalue weighted by atomic mass is 9.93. The minimum atomic E-state index is -0.466. The van der Waals surface area contributed by atoms with Crippen LogP contribution in [0, 0.1) is 11.8 Å². The SMILES string of the molecule is COc1ccc(C[C@@H]2COC3(CCC4(C[C@H](Cc5ccc(OC)cc5)CO4)O3)C2)cc1. The molecular weight excluding hydrogens is 392 g/mol. The molecule has 5 nitrogen and oxygen atoms in total. The molecular formula is C26H32O5. The summed E-state index contributed by atoms with van der Waals surface area (Å²) in [5.74, 6) is 1.80. The number of hydrogen-bond acceptors (Lipinski definition) is 5. The van der Waals surface area contributed by atoms with Crippen LogP contribution in [0.5, 0.6) is 11.5 Å². The Balaban J connectivity index is 1.16. The Labute approximate surface area is 184 Å². The third-order valence-corrected chi connectivity index (χ3v) is 6.99. The Morgan fingerprint density at radius 2 is 1.13 bits per heavy atom. The highest BCUT2D eigenvalue weighted by molar-refractivity contribution is 5.28. The van der Waals surface area contributed by atoms with Crippen LogP contribution in [-0.2, 0) is 27.1 Å². The standard InChI is InChI=1S/C26H32O5/c1-27-23-7-3-19(4-8-23)13-21-15-25(29-17-21)11-12-26(31-25)16-22(18-30-26)14-20-5-9-24(28-2)10-6-20/h3-10,21-22H,11-18H2,1-2H3/t21-,22-,25?,26?/m0/s1. The number of methoxy groups -OCH3 is 2. The van der Waals surface area contributed by atoms with E-state index < -0.39 is 11.6 Å². The second-order valence-electron chi connectivity index (χ2n) is 9.29. The van der Waals surface area contributed by atoms with Gasteiger partial charge in [-0.25, -0.2) is 0 Å². The summed E-state index contributed by atoms with van der Waals surface area (Å²) >= 11 is 0. The first-order valence-electron chi connectivity index (χ1n) is 11.3. The average molecular weight is 425 g/mol. The quantitative estimate of drug-likeness (QED) is 0.669. The third-order valence-electron chi connectivity index (χ3n) is 6.99. The Bertz CT molecular complexity index is 806. The van der Waals surface area contributed by atoms with Crippen molar-refractivity contribution in [2.24, 2.45) is 11.8 Å². The Morgan fingerprint density at radius 1 is 0.710 bits per heavy atom. The normalized spacial score (nSPS) is 32.2. The van der Waals surface area contributed by atoms with Gasteiger partial charge in [0.05, 0.1) is 27.4 Å². The van der Waals surface area contributed by atoms with Crippen LogP contribution in [0.15, 0.2) is 48.5 Å². The van der Waals surface area contributed by atoms with Crippen molar-refractivity contribution in [2.75, 3.05) is 27.4 Å². The molecule has 3 fully saturated rings. The highest BCUT2D eigenvalue weighted by atomic mass is 16.8. The van der Waals surface area contributed by atoms with E-state index in [9.17, 15) is 0 Å². The maximum atomic E-state index is 6.58. The molecule has 2 unspecified atom stereocenters. The van der Waals surface area contributed by atoms with Crippen molar-refractivity contribution in [1.29, 1.82) is 0 Å². The Morgan fingerprint density at radius 3 is 1.52 bits per heavy atom. The second-order valence-corrected chi connectivity index (χ2v) is 9.29. The van der Waals surface area contributed by atoms with E-state index in [-0.39, 0.29) is 0 Å². The van der Waals surface area contributed by atoms with Crippen molar-refractivity contribution in [3.8, 4) is 11.5 Å². The summed E-state index contributed by atoms with van der Waals surface area (Å²) in [5.41, 5.74) is 2.63. The fraction of sp³-hybridized carbons (Fsp3) is 0.538. The molecule has 0 aliphatic carbocycles. The van der Waals surface area contributed by atoms with Crippen molar-refractivity contribution < 1.29 is 23.7 Å². The molecule has 0 radical (unpaired) electrons. The average Bonchev–Trinajstić information content (AvgIpc) is 3.49. The van der Waals surface area contributed by atoms with Crippen LogP contribution in [0.2, 0.25) is 0 Å². The number of rotatable bonds is 6. The topological polar surface area (TPSA) is 46.2 Å². The summed E-state index contributed by atoms with van der Waals surface area (Å²) in [6, 6.07) is 16.7. The smallest absolute Gasteiger partial charge is 0.172 e. The Hall–Kier alpha value is -2.08. The minimum Gasteiger partial charge on any atom is -0.497 e. The number of hydrogen-bond donors (Lipinski definition) is 0. The van der Waals surface area contributed by atoms with Crippen LogP contribution in [0.25, 0.3) is 0 Å². The molecule has 0 saturated carbocycles. The fourth-order valence-corrected chi connectivity index (χ4v) is 5.42. The number of ether oxygens (including phenoxy) is 5. The van der Waals surface area contributed by atoms with E-state index in [4.69, 9.17) is 23.7 Å². The van der Waals surface area contributed by atoms with Crippen molar-refractivity contribution in [2.45, 2.75) is 50.1 Å². The van der Waals surface area contributed by atoms with Gasteiger partial charge in [-0.2, -0.15) is 0 Å². The molecule has 0 N–H and O–H groups in total. The second kappa shape index (κ2) is 8.45. The first-order valence-corrected chi connectivity index (χ1v) is 11.3. The van der Waals surface area contributed by atoms with Crippen LogP contribution >= 0.6 is 0 Å².